The first-order valence-corrected chi connectivity index (χ1v) is 7.02. The van der Waals surface area contributed by atoms with E-state index in [1.807, 2.05) is 0 Å². The molecule has 0 unspecified atom stereocenters. The molecule has 0 aliphatic heterocycles. The fourth-order valence-electron chi connectivity index (χ4n) is 1.87. The summed E-state index contributed by atoms with van der Waals surface area (Å²) in [5, 5.41) is 6.60. The number of benzene rings is 2. The zero-order valence-electron chi connectivity index (χ0n) is 12.7. The molecular formula is C16H13F4N3O2. The van der Waals surface area contributed by atoms with E-state index in [-0.39, 0.29) is 11.4 Å². The van der Waals surface area contributed by atoms with Crippen molar-refractivity contribution in [1.29, 1.82) is 0 Å². The van der Waals surface area contributed by atoms with E-state index in [4.69, 9.17) is 0 Å². The van der Waals surface area contributed by atoms with Gasteiger partial charge in [-0.2, -0.15) is 13.2 Å². The van der Waals surface area contributed by atoms with E-state index < -0.39 is 36.0 Å². The van der Waals surface area contributed by atoms with E-state index in [0.717, 1.165) is 24.3 Å². The maximum atomic E-state index is 13.4. The molecule has 0 aliphatic carbocycles. The van der Waals surface area contributed by atoms with Crippen LogP contribution >= 0.6 is 0 Å². The van der Waals surface area contributed by atoms with Crippen LogP contribution in [-0.2, 0) is 11.0 Å². The molecule has 0 heterocycles. The minimum atomic E-state index is -4.53. The smallest absolute Gasteiger partial charge is 0.329 e. The Labute approximate surface area is 140 Å². The first-order valence-electron chi connectivity index (χ1n) is 7.02. The number of amides is 3. The van der Waals surface area contributed by atoms with E-state index in [2.05, 4.69) is 16.0 Å². The first kappa shape index (κ1) is 18.2. The van der Waals surface area contributed by atoms with Crippen molar-refractivity contribution >= 4 is 23.3 Å². The number of para-hydroxylation sites is 1. The van der Waals surface area contributed by atoms with Crippen LogP contribution < -0.4 is 16.0 Å². The van der Waals surface area contributed by atoms with Crippen LogP contribution in [0.5, 0.6) is 0 Å². The lowest BCUT2D eigenvalue weighted by Crippen LogP contribution is -2.35. The summed E-state index contributed by atoms with van der Waals surface area (Å²) in [6, 6.07) is 8.64. The summed E-state index contributed by atoms with van der Waals surface area (Å²) in [5.41, 5.74) is -1.04. The van der Waals surface area contributed by atoms with Gasteiger partial charge in [0.25, 0.3) is 0 Å². The first-order chi connectivity index (χ1) is 11.8. The molecule has 3 N–H and O–H groups in total. The molecule has 3 amide bonds. The number of urea groups is 1. The molecule has 25 heavy (non-hydrogen) atoms. The molecule has 0 saturated heterocycles. The minimum absolute atomic E-state index is 0.0485. The summed E-state index contributed by atoms with van der Waals surface area (Å²) in [6.07, 6.45) is -4.53. The largest absolute Gasteiger partial charge is 0.416 e. The zero-order chi connectivity index (χ0) is 18.4. The van der Waals surface area contributed by atoms with Crippen LogP contribution in [0.1, 0.15) is 5.56 Å². The summed E-state index contributed by atoms with van der Waals surface area (Å²) >= 11 is 0. The Morgan fingerprint density at radius 3 is 2.36 bits per heavy atom. The van der Waals surface area contributed by atoms with E-state index >= 15 is 0 Å². The van der Waals surface area contributed by atoms with Gasteiger partial charge in [0.05, 0.1) is 17.8 Å². The number of rotatable bonds is 4. The third kappa shape index (κ3) is 5.48. The van der Waals surface area contributed by atoms with Crippen molar-refractivity contribution in [3.63, 3.8) is 0 Å². The van der Waals surface area contributed by atoms with Gasteiger partial charge in [0.2, 0.25) is 5.91 Å². The number of hydrogen-bond donors (Lipinski definition) is 3. The summed E-state index contributed by atoms with van der Waals surface area (Å²) in [4.78, 5) is 23.3. The predicted octanol–water partition coefficient (Wildman–Crippen LogP) is 3.60. The van der Waals surface area contributed by atoms with Gasteiger partial charge in [-0.15, -0.1) is 0 Å². The van der Waals surface area contributed by atoms with E-state index in [9.17, 15) is 27.2 Å². The van der Waals surface area contributed by atoms with Crippen molar-refractivity contribution in [1.82, 2.24) is 5.32 Å². The molecule has 5 nitrogen and oxygen atoms in total. The third-order valence-electron chi connectivity index (χ3n) is 3.01. The number of carbonyl (C=O) groups excluding carboxylic acids is 2. The number of halogens is 4. The molecule has 0 atom stereocenters. The van der Waals surface area contributed by atoms with Crippen molar-refractivity contribution in [2.45, 2.75) is 6.18 Å². The molecule has 0 radical (unpaired) electrons. The second kappa shape index (κ2) is 7.65. The highest BCUT2D eigenvalue weighted by molar-refractivity contribution is 5.97. The van der Waals surface area contributed by atoms with Crippen LogP contribution in [0.3, 0.4) is 0 Å². The van der Waals surface area contributed by atoms with Crippen molar-refractivity contribution in [2.75, 3.05) is 17.2 Å². The Morgan fingerprint density at radius 1 is 0.960 bits per heavy atom. The Balaban J connectivity index is 1.87. The van der Waals surface area contributed by atoms with Gasteiger partial charge in [-0.1, -0.05) is 18.2 Å². The molecule has 132 valence electrons. The SMILES string of the molecule is O=C(CNC(=O)Nc1cccc(C(F)(F)F)c1)Nc1ccccc1F. The van der Waals surface area contributed by atoms with E-state index in [0.29, 0.717) is 0 Å². The fraction of sp³-hybridized carbons (Fsp3) is 0.125. The number of hydrogen-bond acceptors (Lipinski definition) is 2. The number of carbonyl (C=O) groups is 2. The predicted molar refractivity (Wildman–Crippen MR) is 83.5 cm³/mol. The fourth-order valence-corrected chi connectivity index (χ4v) is 1.87. The Hall–Kier alpha value is -3.10. The van der Waals surface area contributed by atoms with Crippen LogP contribution in [0.4, 0.5) is 33.7 Å². The minimum Gasteiger partial charge on any atom is -0.329 e. The number of anilines is 2. The van der Waals surface area contributed by atoms with Gasteiger partial charge in [0.15, 0.2) is 0 Å². The molecule has 0 spiro atoms. The molecule has 2 aromatic carbocycles. The number of nitrogens with one attached hydrogen (secondary N) is 3. The topological polar surface area (TPSA) is 70.2 Å². The lowest BCUT2D eigenvalue weighted by molar-refractivity contribution is -0.137. The van der Waals surface area contributed by atoms with Crippen molar-refractivity contribution in [3.8, 4) is 0 Å². The Kier molecular flexibility index (Phi) is 5.58. The van der Waals surface area contributed by atoms with Crippen molar-refractivity contribution < 1.29 is 27.2 Å². The van der Waals surface area contributed by atoms with Crippen LogP contribution in [0.15, 0.2) is 48.5 Å². The van der Waals surface area contributed by atoms with Crippen LogP contribution in [0.2, 0.25) is 0 Å². The highest BCUT2D eigenvalue weighted by Crippen LogP contribution is 2.30. The highest BCUT2D eigenvalue weighted by atomic mass is 19.4. The quantitative estimate of drug-likeness (QED) is 0.734. The third-order valence-corrected chi connectivity index (χ3v) is 3.01. The summed E-state index contributed by atoms with van der Waals surface area (Å²) in [6.45, 7) is -0.487. The van der Waals surface area contributed by atoms with Gasteiger partial charge in [-0.25, -0.2) is 9.18 Å². The van der Waals surface area contributed by atoms with Crippen molar-refractivity contribution in [3.05, 3.63) is 59.9 Å². The highest BCUT2D eigenvalue weighted by Gasteiger charge is 2.30. The maximum absolute atomic E-state index is 13.4. The average Bonchev–Trinajstić information content (AvgIpc) is 2.55. The maximum Gasteiger partial charge on any atom is 0.416 e. The molecule has 0 aromatic heterocycles. The summed E-state index contributed by atoms with van der Waals surface area (Å²) in [7, 11) is 0. The Bertz CT molecular complexity index is 778. The van der Waals surface area contributed by atoms with Crippen LogP contribution in [-0.4, -0.2) is 18.5 Å². The molecule has 0 bridgehead atoms. The summed E-state index contributed by atoms with van der Waals surface area (Å²) < 4.78 is 51.1. The lowest BCUT2D eigenvalue weighted by atomic mass is 10.2. The molecule has 9 heteroatoms. The van der Waals surface area contributed by atoms with Gasteiger partial charge in [-0.05, 0) is 30.3 Å². The van der Waals surface area contributed by atoms with E-state index in [1.165, 1.54) is 24.3 Å². The number of alkyl halides is 3. The Morgan fingerprint density at radius 2 is 1.68 bits per heavy atom. The van der Waals surface area contributed by atoms with Gasteiger partial charge >= 0.3 is 12.2 Å². The van der Waals surface area contributed by atoms with Crippen LogP contribution in [0, 0.1) is 5.82 Å². The molecule has 2 rings (SSSR count). The van der Waals surface area contributed by atoms with Gasteiger partial charge in [-0.3, -0.25) is 4.79 Å². The average molecular weight is 355 g/mol. The lowest BCUT2D eigenvalue weighted by Gasteiger charge is -2.11. The molecular weight excluding hydrogens is 342 g/mol. The zero-order valence-corrected chi connectivity index (χ0v) is 12.7. The molecule has 0 fully saturated rings. The van der Waals surface area contributed by atoms with Crippen LogP contribution in [0.25, 0.3) is 0 Å². The molecule has 0 saturated carbocycles. The second-order valence-corrected chi connectivity index (χ2v) is 4.91. The normalized spacial score (nSPS) is 10.9. The van der Waals surface area contributed by atoms with Gasteiger partial charge in [0.1, 0.15) is 5.82 Å². The van der Waals surface area contributed by atoms with Gasteiger partial charge in [0, 0.05) is 5.69 Å². The van der Waals surface area contributed by atoms with Gasteiger partial charge < -0.3 is 16.0 Å². The standard InChI is InChI=1S/C16H13F4N3O2/c17-12-6-1-2-7-13(12)23-14(24)9-21-15(25)22-11-5-3-4-10(8-11)16(18,19)20/h1-8H,9H2,(H,23,24)(H2,21,22,25). The summed E-state index contributed by atoms with van der Waals surface area (Å²) in [5.74, 6) is -1.33. The molecule has 0 aliphatic rings. The van der Waals surface area contributed by atoms with Crippen molar-refractivity contribution in [2.24, 2.45) is 0 Å². The van der Waals surface area contributed by atoms with E-state index in [1.54, 1.807) is 0 Å². The second-order valence-electron chi connectivity index (χ2n) is 4.91. The molecule has 2 aromatic rings. The monoisotopic (exact) mass is 355 g/mol.